The van der Waals surface area contributed by atoms with Crippen LogP contribution in [0.1, 0.15) is 31.7 Å². The molecule has 0 aliphatic carbocycles. The van der Waals surface area contributed by atoms with Crippen molar-refractivity contribution in [3.05, 3.63) is 64.1 Å². The second-order valence-electron chi connectivity index (χ2n) is 6.03. The fourth-order valence-corrected chi connectivity index (χ4v) is 3.10. The van der Waals surface area contributed by atoms with Crippen molar-refractivity contribution in [2.75, 3.05) is 11.9 Å². The molecule has 2 aromatic rings. The Kier molecular flexibility index (Phi) is 7.49. The van der Waals surface area contributed by atoms with Gasteiger partial charge in [0.1, 0.15) is 0 Å². The maximum Gasteiger partial charge on any atom is 0.314 e. The number of hydrogen-bond acceptors (Lipinski definition) is 3. The highest BCUT2D eigenvalue weighted by Gasteiger charge is 2.27. The van der Waals surface area contributed by atoms with Gasteiger partial charge in [0.2, 0.25) is 0 Å². The number of esters is 1. The predicted octanol–water partition coefficient (Wildman–Crippen LogP) is 5.31. The summed E-state index contributed by atoms with van der Waals surface area (Å²) in [5.74, 6) is -1.25. The van der Waals surface area contributed by atoms with Crippen LogP contribution in [0.3, 0.4) is 0 Å². The summed E-state index contributed by atoms with van der Waals surface area (Å²) >= 11 is 12.0. The van der Waals surface area contributed by atoms with Gasteiger partial charge in [0, 0.05) is 0 Å². The first-order valence-electron chi connectivity index (χ1n) is 8.39. The summed E-state index contributed by atoms with van der Waals surface area (Å²) in [5.41, 5.74) is 1.18. The number of rotatable bonds is 7. The fourth-order valence-electron chi connectivity index (χ4n) is 2.61. The number of para-hydroxylation sites is 1. The van der Waals surface area contributed by atoms with Crippen molar-refractivity contribution < 1.29 is 14.3 Å². The summed E-state index contributed by atoms with van der Waals surface area (Å²) < 4.78 is 5.26. The van der Waals surface area contributed by atoms with Crippen LogP contribution in [0.25, 0.3) is 0 Å². The number of carbonyl (C=O) groups is 2. The molecule has 0 fully saturated rings. The molecule has 0 spiro atoms. The molecule has 4 nitrogen and oxygen atoms in total. The molecule has 6 heteroatoms. The Labute approximate surface area is 163 Å². The average molecular weight is 394 g/mol. The molecule has 0 radical (unpaired) electrons. The van der Waals surface area contributed by atoms with Crippen molar-refractivity contribution in [2.45, 2.75) is 26.2 Å². The Morgan fingerprint density at radius 3 is 2.23 bits per heavy atom. The van der Waals surface area contributed by atoms with Crippen LogP contribution in [0.15, 0.2) is 48.5 Å². The molecule has 2 rings (SSSR count). The Bertz CT molecular complexity index is 745. The lowest BCUT2D eigenvalue weighted by Gasteiger charge is -2.21. The largest absolute Gasteiger partial charge is 0.455 e. The Morgan fingerprint density at radius 1 is 1.04 bits per heavy atom. The minimum atomic E-state index is -0.496. The van der Waals surface area contributed by atoms with Crippen LogP contribution in [-0.2, 0) is 14.3 Å². The fraction of sp³-hybridized carbons (Fsp3) is 0.300. The molecule has 0 bridgehead atoms. The van der Waals surface area contributed by atoms with Gasteiger partial charge in [-0.05, 0) is 23.6 Å². The summed E-state index contributed by atoms with van der Waals surface area (Å²) in [4.78, 5) is 24.7. The molecule has 0 aromatic heterocycles. The van der Waals surface area contributed by atoms with Crippen molar-refractivity contribution in [3.63, 3.8) is 0 Å². The minimum Gasteiger partial charge on any atom is -0.455 e. The summed E-state index contributed by atoms with van der Waals surface area (Å²) in [6.45, 7) is 3.60. The highest BCUT2D eigenvalue weighted by Crippen LogP contribution is 2.30. The molecule has 2 atom stereocenters. The molecule has 0 aliphatic heterocycles. The molecule has 0 saturated heterocycles. The summed E-state index contributed by atoms with van der Waals surface area (Å²) in [5, 5.41) is 3.21. The van der Waals surface area contributed by atoms with E-state index in [4.69, 9.17) is 27.9 Å². The standard InChI is InChI=1S/C20H21Cl2NO3/c1-3-13(2)18(14-8-5-4-6-9-14)20(25)26-12-17(24)23-19-15(21)10-7-11-16(19)22/h4-11,13,18H,3,12H2,1-2H3,(H,23,24)/t13-,18+/m1/s1. The molecule has 1 amide bonds. The van der Waals surface area contributed by atoms with E-state index in [0.717, 1.165) is 12.0 Å². The first-order chi connectivity index (χ1) is 12.4. The highest BCUT2D eigenvalue weighted by molar-refractivity contribution is 6.39. The molecule has 0 unspecified atom stereocenters. The lowest BCUT2D eigenvalue weighted by atomic mass is 9.86. The van der Waals surface area contributed by atoms with Gasteiger partial charge in [0.15, 0.2) is 6.61 Å². The zero-order chi connectivity index (χ0) is 19.1. The number of carbonyl (C=O) groups excluding carboxylic acids is 2. The van der Waals surface area contributed by atoms with Gasteiger partial charge in [-0.1, -0.05) is 79.9 Å². The van der Waals surface area contributed by atoms with Crippen LogP contribution in [-0.4, -0.2) is 18.5 Å². The smallest absolute Gasteiger partial charge is 0.314 e. The highest BCUT2D eigenvalue weighted by atomic mass is 35.5. The van der Waals surface area contributed by atoms with Crippen LogP contribution in [0.2, 0.25) is 10.0 Å². The van der Waals surface area contributed by atoms with Gasteiger partial charge in [0.25, 0.3) is 5.91 Å². The van der Waals surface area contributed by atoms with E-state index in [1.54, 1.807) is 18.2 Å². The van der Waals surface area contributed by atoms with E-state index < -0.39 is 24.4 Å². The quantitative estimate of drug-likeness (QED) is 0.648. The van der Waals surface area contributed by atoms with Crippen molar-refractivity contribution in [1.82, 2.24) is 0 Å². The maximum absolute atomic E-state index is 12.6. The second kappa shape index (κ2) is 9.60. The zero-order valence-corrected chi connectivity index (χ0v) is 16.2. The Hall–Kier alpha value is -2.04. The molecule has 26 heavy (non-hydrogen) atoms. The van der Waals surface area contributed by atoms with Gasteiger partial charge < -0.3 is 10.1 Å². The van der Waals surface area contributed by atoms with Gasteiger partial charge in [-0.2, -0.15) is 0 Å². The van der Waals surface area contributed by atoms with Crippen LogP contribution in [0.4, 0.5) is 5.69 Å². The van der Waals surface area contributed by atoms with E-state index in [-0.39, 0.29) is 5.92 Å². The first kappa shape index (κ1) is 20.3. The number of halogens is 2. The van der Waals surface area contributed by atoms with Crippen molar-refractivity contribution in [3.8, 4) is 0 Å². The van der Waals surface area contributed by atoms with E-state index in [2.05, 4.69) is 5.32 Å². The normalized spacial score (nSPS) is 12.9. The number of nitrogens with one attached hydrogen (secondary N) is 1. The van der Waals surface area contributed by atoms with E-state index in [9.17, 15) is 9.59 Å². The van der Waals surface area contributed by atoms with Gasteiger partial charge >= 0.3 is 5.97 Å². The van der Waals surface area contributed by atoms with Crippen LogP contribution < -0.4 is 5.32 Å². The summed E-state index contributed by atoms with van der Waals surface area (Å²) in [7, 11) is 0. The second-order valence-corrected chi connectivity index (χ2v) is 6.84. The molecule has 0 saturated carbocycles. The van der Waals surface area contributed by atoms with E-state index in [0.29, 0.717) is 15.7 Å². The number of anilines is 1. The lowest BCUT2D eigenvalue weighted by Crippen LogP contribution is -2.27. The molecular formula is C20H21Cl2NO3. The average Bonchev–Trinajstić information content (AvgIpc) is 2.64. The van der Waals surface area contributed by atoms with Gasteiger partial charge in [0.05, 0.1) is 21.7 Å². The number of hydrogen-bond donors (Lipinski definition) is 1. The monoisotopic (exact) mass is 393 g/mol. The Balaban J connectivity index is 2.02. The topological polar surface area (TPSA) is 55.4 Å². The molecule has 0 aliphatic rings. The van der Waals surface area contributed by atoms with Crippen molar-refractivity contribution in [2.24, 2.45) is 5.92 Å². The molecule has 0 heterocycles. The first-order valence-corrected chi connectivity index (χ1v) is 9.15. The van der Waals surface area contributed by atoms with E-state index in [1.807, 2.05) is 44.2 Å². The Morgan fingerprint density at radius 2 is 1.65 bits per heavy atom. The van der Waals surface area contributed by atoms with E-state index in [1.165, 1.54) is 0 Å². The number of ether oxygens (including phenoxy) is 1. The maximum atomic E-state index is 12.6. The third kappa shape index (κ3) is 5.23. The molecule has 1 N–H and O–H groups in total. The summed E-state index contributed by atoms with van der Waals surface area (Å²) in [6, 6.07) is 14.3. The van der Waals surface area contributed by atoms with Crippen molar-refractivity contribution in [1.29, 1.82) is 0 Å². The van der Waals surface area contributed by atoms with Gasteiger partial charge in [-0.3, -0.25) is 9.59 Å². The zero-order valence-electron chi connectivity index (χ0n) is 14.7. The lowest BCUT2D eigenvalue weighted by molar-refractivity contribution is -0.150. The molecule has 2 aromatic carbocycles. The van der Waals surface area contributed by atoms with Gasteiger partial charge in [-0.25, -0.2) is 0 Å². The predicted molar refractivity (Wildman–Crippen MR) is 105 cm³/mol. The van der Waals surface area contributed by atoms with Gasteiger partial charge in [-0.15, -0.1) is 0 Å². The number of benzene rings is 2. The molecular weight excluding hydrogens is 373 g/mol. The van der Waals surface area contributed by atoms with Crippen LogP contribution in [0.5, 0.6) is 0 Å². The summed E-state index contributed by atoms with van der Waals surface area (Å²) in [6.07, 6.45) is 0.816. The van der Waals surface area contributed by atoms with Crippen LogP contribution in [0, 0.1) is 5.92 Å². The van der Waals surface area contributed by atoms with E-state index >= 15 is 0 Å². The number of amides is 1. The van der Waals surface area contributed by atoms with Crippen molar-refractivity contribution >= 4 is 40.8 Å². The third-order valence-electron chi connectivity index (χ3n) is 4.20. The minimum absolute atomic E-state index is 0.0889. The SMILES string of the molecule is CC[C@@H](C)[C@H](C(=O)OCC(=O)Nc1c(Cl)cccc1Cl)c1ccccc1. The molecule has 138 valence electrons. The van der Waals surface area contributed by atoms with Crippen LogP contribution >= 0.6 is 23.2 Å². The third-order valence-corrected chi connectivity index (χ3v) is 4.83.